The van der Waals surface area contributed by atoms with Crippen LogP contribution in [0.4, 0.5) is 0 Å². The first-order valence-corrected chi connectivity index (χ1v) is 16.9. The highest BCUT2D eigenvalue weighted by Crippen LogP contribution is 2.44. The molecule has 4 heteroatoms. The zero-order valence-corrected chi connectivity index (χ0v) is 26.8. The van der Waals surface area contributed by atoms with E-state index in [0.29, 0.717) is 5.95 Å². The fourth-order valence-corrected chi connectivity index (χ4v) is 7.99. The van der Waals surface area contributed by atoms with Gasteiger partial charge in [-0.1, -0.05) is 146 Å². The van der Waals surface area contributed by atoms with E-state index in [1.165, 1.54) is 10.8 Å². The molecule has 0 atom stereocenters. The van der Waals surface area contributed by atoms with Crippen molar-refractivity contribution in [2.24, 2.45) is 0 Å². The molecule has 8 aromatic carbocycles. The van der Waals surface area contributed by atoms with Gasteiger partial charge in [0, 0.05) is 49.0 Å². The third-order valence-corrected chi connectivity index (χ3v) is 10.2. The van der Waals surface area contributed by atoms with Crippen molar-refractivity contribution in [2.45, 2.75) is 0 Å². The Hall–Kier alpha value is -6.78. The van der Waals surface area contributed by atoms with Crippen molar-refractivity contribution in [1.29, 1.82) is 0 Å². The lowest BCUT2D eigenvalue weighted by Gasteiger charge is -2.14. The SMILES string of the molecule is c1ccc(-c2nc(-n3c4ccccc4c4cccc(-c5cccc6c5oc5ccc7ccccc7c56)c43)nc3c2ccc2ccccc23)cc1. The fourth-order valence-electron chi connectivity index (χ4n) is 7.99. The van der Waals surface area contributed by atoms with E-state index >= 15 is 0 Å². The minimum absolute atomic E-state index is 0.633. The van der Waals surface area contributed by atoms with Crippen LogP contribution in [-0.2, 0) is 0 Å². The zero-order valence-electron chi connectivity index (χ0n) is 26.8. The van der Waals surface area contributed by atoms with E-state index < -0.39 is 0 Å². The van der Waals surface area contributed by atoms with Gasteiger partial charge in [0.25, 0.3) is 0 Å². The summed E-state index contributed by atoms with van der Waals surface area (Å²) in [6.45, 7) is 0. The molecule has 0 amide bonds. The zero-order chi connectivity index (χ0) is 32.8. The summed E-state index contributed by atoms with van der Waals surface area (Å²) >= 11 is 0. The number of hydrogen-bond donors (Lipinski definition) is 0. The Labute approximate surface area is 286 Å². The van der Waals surface area contributed by atoms with Crippen molar-refractivity contribution in [2.75, 3.05) is 0 Å². The normalized spacial score (nSPS) is 12.0. The number of para-hydroxylation sites is 3. The topological polar surface area (TPSA) is 43.9 Å². The van der Waals surface area contributed by atoms with E-state index in [-0.39, 0.29) is 0 Å². The van der Waals surface area contributed by atoms with Crippen LogP contribution in [0.15, 0.2) is 168 Å². The van der Waals surface area contributed by atoms with Gasteiger partial charge in [-0.3, -0.25) is 4.57 Å². The van der Waals surface area contributed by atoms with Crippen molar-refractivity contribution < 1.29 is 4.42 Å². The molecule has 0 unspecified atom stereocenters. The molecule has 0 bridgehead atoms. The van der Waals surface area contributed by atoms with E-state index in [1.807, 2.05) is 6.07 Å². The van der Waals surface area contributed by atoms with Crippen LogP contribution in [0.3, 0.4) is 0 Å². The van der Waals surface area contributed by atoms with Gasteiger partial charge in [0.1, 0.15) is 11.2 Å². The quantitative estimate of drug-likeness (QED) is 0.181. The molecule has 0 spiro atoms. The molecule has 0 aliphatic rings. The van der Waals surface area contributed by atoms with Crippen LogP contribution >= 0.6 is 0 Å². The summed E-state index contributed by atoms with van der Waals surface area (Å²) in [5, 5.41) is 10.2. The Balaban J connectivity index is 1.28. The molecule has 0 saturated heterocycles. The second-order valence-corrected chi connectivity index (χ2v) is 12.9. The van der Waals surface area contributed by atoms with Gasteiger partial charge in [-0.15, -0.1) is 0 Å². The molecule has 0 radical (unpaired) electrons. The number of fused-ring (bicyclic) bond motifs is 11. The van der Waals surface area contributed by atoms with Gasteiger partial charge in [0.05, 0.1) is 22.2 Å². The second-order valence-electron chi connectivity index (χ2n) is 12.9. The van der Waals surface area contributed by atoms with Crippen LogP contribution in [-0.4, -0.2) is 14.5 Å². The predicted molar refractivity (Wildman–Crippen MR) is 207 cm³/mol. The van der Waals surface area contributed by atoms with Gasteiger partial charge in [-0.05, 0) is 34.4 Å². The van der Waals surface area contributed by atoms with E-state index in [9.17, 15) is 0 Å². The maximum Gasteiger partial charge on any atom is 0.235 e. The maximum atomic E-state index is 6.76. The number of rotatable bonds is 3. The third-order valence-electron chi connectivity index (χ3n) is 10.2. The van der Waals surface area contributed by atoms with Crippen molar-refractivity contribution >= 4 is 76.2 Å². The Morgan fingerprint density at radius 1 is 0.440 bits per heavy atom. The third kappa shape index (κ3) is 3.81. The van der Waals surface area contributed by atoms with Gasteiger partial charge >= 0.3 is 0 Å². The Bertz CT molecular complexity index is 3150. The van der Waals surface area contributed by atoms with Gasteiger partial charge in [0.2, 0.25) is 5.95 Å². The van der Waals surface area contributed by atoms with Gasteiger partial charge in [-0.2, -0.15) is 0 Å². The first kappa shape index (κ1) is 27.2. The molecule has 0 N–H and O–H groups in total. The summed E-state index contributed by atoms with van der Waals surface area (Å²) in [5.74, 6) is 0.633. The maximum absolute atomic E-state index is 6.76. The summed E-state index contributed by atoms with van der Waals surface area (Å²) in [5.41, 5.74) is 8.85. The van der Waals surface area contributed by atoms with Crippen molar-refractivity contribution in [3.8, 4) is 28.3 Å². The molecule has 0 saturated carbocycles. The molecule has 3 aromatic heterocycles. The van der Waals surface area contributed by atoms with Crippen LogP contribution in [0.1, 0.15) is 0 Å². The lowest BCUT2D eigenvalue weighted by atomic mass is 9.98. The molecule has 3 heterocycles. The average Bonchev–Trinajstić information content (AvgIpc) is 3.74. The molecule has 11 aromatic rings. The lowest BCUT2D eigenvalue weighted by Crippen LogP contribution is -2.04. The predicted octanol–water partition coefficient (Wildman–Crippen LogP) is 12.3. The van der Waals surface area contributed by atoms with Crippen LogP contribution in [0.25, 0.3) is 105 Å². The van der Waals surface area contributed by atoms with Crippen LogP contribution in [0.5, 0.6) is 0 Å². The van der Waals surface area contributed by atoms with Gasteiger partial charge < -0.3 is 4.42 Å². The first-order valence-electron chi connectivity index (χ1n) is 16.9. The highest BCUT2D eigenvalue weighted by atomic mass is 16.3. The fraction of sp³-hybridized carbons (Fsp3) is 0. The minimum Gasteiger partial charge on any atom is -0.455 e. The molecule has 11 rings (SSSR count). The van der Waals surface area contributed by atoms with Crippen molar-refractivity contribution in [1.82, 2.24) is 14.5 Å². The monoisotopic (exact) mass is 637 g/mol. The number of furan rings is 1. The number of nitrogens with zero attached hydrogens (tertiary/aromatic N) is 3. The van der Waals surface area contributed by atoms with Crippen LogP contribution in [0.2, 0.25) is 0 Å². The summed E-state index contributed by atoms with van der Waals surface area (Å²) in [6, 6.07) is 57.6. The van der Waals surface area contributed by atoms with E-state index in [1.54, 1.807) is 0 Å². The highest BCUT2D eigenvalue weighted by Gasteiger charge is 2.22. The minimum atomic E-state index is 0.633. The Morgan fingerprint density at radius 3 is 1.96 bits per heavy atom. The van der Waals surface area contributed by atoms with Gasteiger partial charge in [0.15, 0.2) is 0 Å². The first-order chi connectivity index (χ1) is 24.8. The number of aromatic nitrogens is 3. The standard InChI is InChI=1S/C46H27N3O/c1-2-14-30(15-3-1)42-38-26-24-29-13-5-7-17-32(29)43(38)48-46(47-42)49-39-23-9-8-18-33(39)34-19-10-20-35(44(34)49)36-21-11-22-37-41-31-16-6-4-12-28(31)25-27-40(41)50-45(36)37/h1-27H. The average molecular weight is 638 g/mol. The van der Waals surface area contributed by atoms with Crippen LogP contribution < -0.4 is 0 Å². The van der Waals surface area contributed by atoms with E-state index in [0.717, 1.165) is 87.8 Å². The summed E-state index contributed by atoms with van der Waals surface area (Å²) in [4.78, 5) is 10.8. The second kappa shape index (κ2) is 10.4. The molecule has 0 fully saturated rings. The van der Waals surface area contributed by atoms with E-state index in [2.05, 4.69) is 162 Å². The molecule has 50 heavy (non-hydrogen) atoms. The summed E-state index contributed by atoms with van der Waals surface area (Å²) in [7, 11) is 0. The Morgan fingerprint density at radius 2 is 1.10 bits per heavy atom. The number of benzene rings is 8. The van der Waals surface area contributed by atoms with Crippen molar-refractivity contribution in [3.63, 3.8) is 0 Å². The van der Waals surface area contributed by atoms with Crippen molar-refractivity contribution in [3.05, 3.63) is 164 Å². The summed E-state index contributed by atoms with van der Waals surface area (Å²) in [6.07, 6.45) is 0. The molecular weight excluding hydrogens is 611 g/mol. The smallest absolute Gasteiger partial charge is 0.235 e. The van der Waals surface area contributed by atoms with Gasteiger partial charge in [-0.25, -0.2) is 9.97 Å². The molecule has 0 aliphatic heterocycles. The highest BCUT2D eigenvalue weighted by molar-refractivity contribution is 6.22. The van der Waals surface area contributed by atoms with Crippen LogP contribution in [0, 0.1) is 0 Å². The molecule has 4 nitrogen and oxygen atoms in total. The lowest BCUT2D eigenvalue weighted by molar-refractivity contribution is 0.670. The molecule has 232 valence electrons. The van der Waals surface area contributed by atoms with E-state index in [4.69, 9.17) is 14.4 Å². The molecule has 0 aliphatic carbocycles. The number of hydrogen-bond acceptors (Lipinski definition) is 3. The largest absolute Gasteiger partial charge is 0.455 e. The summed E-state index contributed by atoms with van der Waals surface area (Å²) < 4.78 is 9.01. The Kier molecular flexibility index (Phi) is 5.63. The molecular formula is C46H27N3O.